The third-order valence-electron chi connectivity index (χ3n) is 4.65. The number of nitrogens with one attached hydrogen (secondary N) is 2. The minimum absolute atomic E-state index is 0.00206. The van der Waals surface area contributed by atoms with E-state index in [1.165, 1.54) is 0 Å². The van der Waals surface area contributed by atoms with E-state index >= 15 is 0 Å². The van der Waals surface area contributed by atoms with Gasteiger partial charge < -0.3 is 20.3 Å². The molecule has 24 heavy (non-hydrogen) atoms. The number of rotatable bonds is 4. The molecule has 1 aromatic carbocycles. The lowest BCUT2D eigenvalue weighted by Crippen LogP contribution is -2.39. The quantitative estimate of drug-likeness (QED) is 0.884. The fraction of sp³-hybridized carbons (Fsp3) is 0.529. The van der Waals surface area contributed by atoms with Crippen LogP contribution in [0.3, 0.4) is 0 Å². The van der Waals surface area contributed by atoms with Crippen molar-refractivity contribution in [2.45, 2.75) is 26.3 Å². The molecule has 7 heteroatoms. The van der Waals surface area contributed by atoms with Gasteiger partial charge in [0.05, 0.1) is 5.69 Å². The van der Waals surface area contributed by atoms with Gasteiger partial charge in [-0.05, 0) is 31.6 Å². The fourth-order valence-corrected chi connectivity index (χ4v) is 3.32. The molecule has 0 radical (unpaired) electrons. The summed E-state index contributed by atoms with van der Waals surface area (Å²) in [5.41, 5.74) is 1.30. The van der Waals surface area contributed by atoms with E-state index in [-0.39, 0.29) is 18.5 Å². The van der Waals surface area contributed by atoms with E-state index < -0.39 is 0 Å². The van der Waals surface area contributed by atoms with Crippen molar-refractivity contribution < 1.29 is 14.3 Å². The normalized spacial score (nSPS) is 19.7. The van der Waals surface area contributed by atoms with Gasteiger partial charge >= 0.3 is 6.03 Å². The number of carbonyl (C=O) groups is 2. The second-order valence-electron chi connectivity index (χ2n) is 6.09. The fourth-order valence-electron chi connectivity index (χ4n) is 3.32. The number of hydrogen-bond acceptors (Lipinski definition) is 4. The Balaban J connectivity index is 1.60. The predicted octanol–water partition coefficient (Wildman–Crippen LogP) is 1.97. The molecule has 1 atom stereocenters. The first-order valence-electron chi connectivity index (χ1n) is 8.47. The predicted molar refractivity (Wildman–Crippen MR) is 92.5 cm³/mol. The number of nitrogens with zero attached hydrogens (tertiary/aromatic N) is 2. The number of hydrogen-bond donors (Lipinski definition) is 2. The molecule has 3 amide bonds. The number of carbonyl (C=O) groups excluding carboxylic acids is 2. The number of urea groups is 1. The molecule has 2 aliphatic rings. The Morgan fingerprint density at radius 3 is 2.96 bits per heavy atom. The first kappa shape index (κ1) is 16.6. The van der Waals surface area contributed by atoms with Crippen LogP contribution < -0.4 is 15.4 Å². The zero-order valence-electron chi connectivity index (χ0n) is 14.2. The van der Waals surface area contributed by atoms with Gasteiger partial charge in [0.1, 0.15) is 5.75 Å². The number of amides is 3. The molecule has 2 N–H and O–H groups in total. The zero-order valence-corrected chi connectivity index (χ0v) is 14.2. The Bertz CT molecular complexity index is 630. The molecule has 1 unspecified atom stereocenters. The molecule has 7 nitrogen and oxygen atoms in total. The molecule has 1 saturated heterocycles. The molecule has 0 bridgehead atoms. The molecule has 0 aromatic heterocycles. The van der Waals surface area contributed by atoms with Crippen molar-refractivity contribution in [3.05, 3.63) is 18.2 Å². The SMILES string of the molecule is CCN(CC)C1CCN(C(=O)Nc2ccc3c(c2)OCC(=O)N3)C1. The summed E-state index contributed by atoms with van der Waals surface area (Å²) in [5.74, 6) is 0.411. The molecule has 130 valence electrons. The third-order valence-corrected chi connectivity index (χ3v) is 4.65. The molecule has 0 aliphatic carbocycles. The van der Waals surface area contributed by atoms with E-state index in [0.29, 0.717) is 23.2 Å². The maximum Gasteiger partial charge on any atom is 0.321 e. The zero-order chi connectivity index (χ0) is 17.1. The Labute approximate surface area is 141 Å². The molecule has 1 aromatic rings. The van der Waals surface area contributed by atoms with Crippen molar-refractivity contribution in [2.24, 2.45) is 0 Å². The summed E-state index contributed by atoms with van der Waals surface area (Å²) in [5, 5.41) is 5.65. The third kappa shape index (κ3) is 3.46. The first-order valence-corrected chi connectivity index (χ1v) is 8.47. The minimum Gasteiger partial charge on any atom is -0.482 e. The lowest BCUT2D eigenvalue weighted by atomic mass is 10.2. The number of anilines is 2. The summed E-state index contributed by atoms with van der Waals surface area (Å²) >= 11 is 0. The van der Waals surface area contributed by atoms with E-state index in [1.807, 2.05) is 4.90 Å². The van der Waals surface area contributed by atoms with E-state index in [0.717, 1.165) is 32.6 Å². The van der Waals surface area contributed by atoms with Gasteiger partial charge in [0.2, 0.25) is 0 Å². The summed E-state index contributed by atoms with van der Waals surface area (Å²) in [6.45, 7) is 7.84. The molecule has 2 heterocycles. The van der Waals surface area contributed by atoms with Gasteiger partial charge in [0.15, 0.2) is 6.61 Å². The van der Waals surface area contributed by atoms with Crippen LogP contribution in [0.4, 0.5) is 16.2 Å². The average molecular weight is 332 g/mol. The Morgan fingerprint density at radius 2 is 2.21 bits per heavy atom. The van der Waals surface area contributed by atoms with Crippen LogP contribution in [0.5, 0.6) is 5.75 Å². The molecule has 2 aliphatic heterocycles. The Kier molecular flexibility index (Phi) is 4.89. The number of fused-ring (bicyclic) bond motifs is 1. The Hall–Kier alpha value is -2.28. The number of ether oxygens (including phenoxy) is 1. The molecule has 0 saturated carbocycles. The van der Waals surface area contributed by atoms with E-state index in [2.05, 4.69) is 29.4 Å². The summed E-state index contributed by atoms with van der Waals surface area (Å²) in [6, 6.07) is 5.59. The molecular formula is C17H24N4O3. The van der Waals surface area contributed by atoms with Crippen LogP contribution in [-0.2, 0) is 4.79 Å². The number of likely N-dealkylation sites (tertiary alicyclic amines) is 1. The first-order chi connectivity index (χ1) is 11.6. The second-order valence-corrected chi connectivity index (χ2v) is 6.09. The van der Waals surface area contributed by atoms with Crippen LogP contribution in [0.1, 0.15) is 20.3 Å². The van der Waals surface area contributed by atoms with Crippen molar-refractivity contribution >= 4 is 23.3 Å². The molecule has 1 fully saturated rings. The van der Waals surface area contributed by atoms with Gasteiger partial charge in [-0.15, -0.1) is 0 Å². The summed E-state index contributed by atoms with van der Waals surface area (Å²) in [7, 11) is 0. The largest absolute Gasteiger partial charge is 0.482 e. The smallest absolute Gasteiger partial charge is 0.321 e. The highest BCUT2D eigenvalue weighted by atomic mass is 16.5. The van der Waals surface area contributed by atoms with E-state index in [1.54, 1.807) is 18.2 Å². The molecule has 3 rings (SSSR count). The standard InChI is InChI=1S/C17H24N4O3/c1-3-20(4-2)13-7-8-21(10-13)17(23)18-12-5-6-14-15(9-12)24-11-16(22)19-14/h5-6,9,13H,3-4,7-8,10-11H2,1-2H3,(H,18,23)(H,19,22). The molecular weight excluding hydrogens is 308 g/mol. The van der Waals surface area contributed by atoms with Gasteiger partial charge in [-0.3, -0.25) is 9.69 Å². The van der Waals surface area contributed by atoms with Gasteiger partial charge in [-0.2, -0.15) is 0 Å². The van der Waals surface area contributed by atoms with Gasteiger partial charge in [0, 0.05) is 30.9 Å². The number of benzene rings is 1. The van der Waals surface area contributed by atoms with Crippen LogP contribution in [0.25, 0.3) is 0 Å². The van der Waals surface area contributed by atoms with Crippen LogP contribution in [0.2, 0.25) is 0 Å². The van der Waals surface area contributed by atoms with Crippen molar-refractivity contribution in [3.63, 3.8) is 0 Å². The van der Waals surface area contributed by atoms with Crippen LogP contribution in [0, 0.1) is 0 Å². The number of likely N-dealkylation sites (N-methyl/N-ethyl adjacent to an activating group) is 1. The lowest BCUT2D eigenvalue weighted by molar-refractivity contribution is -0.118. The van der Waals surface area contributed by atoms with Crippen LogP contribution in [-0.4, -0.2) is 60.6 Å². The highest BCUT2D eigenvalue weighted by molar-refractivity contribution is 5.96. The van der Waals surface area contributed by atoms with Crippen molar-refractivity contribution in [1.29, 1.82) is 0 Å². The van der Waals surface area contributed by atoms with Gasteiger partial charge in [0.25, 0.3) is 5.91 Å². The van der Waals surface area contributed by atoms with Crippen molar-refractivity contribution in [1.82, 2.24) is 9.80 Å². The van der Waals surface area contributed by atoms with Crippen LogP contribution in [0.15, 0.2) is 18.2 Å². The second kappa shape index (κ2) is 7.09. The van der Waals surface area contributed by atoms with Crippen LogP contribution >= 0.6 is 0 Å². The monoisotopic (exact) mass is 332 g/mol. The van der Waals surface area contributed by atoms with E-state index in [9.17, 15) is 9.59 Å². The lowest BCUT2D eigenvalue weighted by Gasteiger charge is -2.26. The highest BCUT2D eigenvalue weighted by Gasteiger charge is 2.29. The average Bonchev–Trinajstić information content (AvgIpc) is 3.06. The summed E-state index contributed by atoms with van der Waals surface area (Å²) in [4.78, 5) is 28.0. The molecule has 0 spiro atoms. The topological polar surface area (TPSA) is 73.9 Å². The van der Waals surface area contributed by atoms with Gasteiger partial charge in [-0.25, -0.2) is 4.79 Å². The Morgan fingerprint density at radius 1 is 1.42 bits per heavy atom. The summed E-state index contributed by atoms with van der Waals surface area (Å²) in [6.07, 6.45) is 1.01. The minimum atomic E-state index is -0.168. The van der Waals surface area contributed by atoms with Crippen molar-refractivity contribution in [3.8, 4) is 5.75 Å². The van der Waals surface area contributed by atoms with Crippen molar-refractivity contribution in [2.75, 3.05) is 43.4 Å². The van der Waals surface area contributed by atoms with E-state index in [4.69, 9.17) is 4.74 Å². The van der Waals surface area contributed by atoms with Gasteiger partial charge in [-0.1, -0.05) is 13.8 Å². The maximum atomic E-state index is 12.5. The highest BCUT2D eigenvalue weighted by Crippen LogP contribution is 2.30. The maximum absolute atomic E-state index is 12.5. The summed E-state index contributed by atoms with van der Waals surface area (Å²) < 4.78 is 5.38.